The van der Waals surface area contributed by atoms with E-state index in [9.17, 15) is 4.79 Å². The number of benzene rings is 1. The van der Waals surface area contributed by atoms with Crippen LogP contribution >= 0.6 is 15.9 Å². The lowest BCUT2D eigenvalue weighted by Crippen LogP contribution is -2.27. The molecule has 0 radical (unpaired) electrons. The van der Waals surface area contributed by atoms with Crippen LogP contribution in [0.4, 0.5) is 0 Å². The van der Waals surface area contributed by atoms with Gasteiger partial charge in [-0.05, 0) is 52.9 Å². The van der Waals surface area contributed by atoms with E-state index in [0.29, 0.717) is 0 Å². The van der Waals surface area contributed by atoms with E-state index >= 15 is 0 Å². The van der Waals surface area contributed by atoms with Gasteiger partial charge in [0.25, 0.3) is 5.91 Å². The molecule has 0 heterocycles. The molecule has 0 unspecified atom stereocenters. The zero-order chi connectivity index (χ0) is 12.3. The van der Waals surface area contributed by atoms with Gasteiger partial charge in [0, 0.05) is 11.0 Å². The van der Waals surface area contributed by atoms with E-state index in [1.807, 2.05) is 25.1 Å². The Morgan fingerprint density at radius 3 is 2.82 bits per heavy atom. The number of halogens is 1. The lowest BCUT2D eigenvalue weighted by Gasteiger charge is -2.25. The fourth-order valence-electron chi connectivity index (χ4n) is 2.07. The van der Waals surface area contributed by atoms with Gasteiger partial charge in [-0.15, -0.1) is 0 Å². The third-order valence-electron chi connectivity index (χ3n) is 3.43. The number of aryl methyl sites for hydroxylation is 1. The molecule has 0 aromatic heterocycles. The first-order chi connectivity index (χ1) is 8.16. The van der Waals surface area contributed by atoms with E-state index in [2.05, 4.69) is 21.2 Å². The van der Waals surface area contributed by atoms with Crippen molar-refractivity contribution in [2.75, 3.05) is 6.54 Å². The minimum atomic E-state index is 0.0243. The van der Waals surface area contributed by atoms with Crippen LogP contribution in [0.25, 0.3) is 0 Å². The number of amides is 1. The maximum atomic E-state index is 11.9. The molecule has 3 heteroatoms. The molecule has 2 rings (SSSR count). The number of rotatable bonds is 4. The molecule has 1 fully saturated rings. The molecule has 0 aliphatic heterocycles. The summed E-state index contributed by atoms with van der Waals surface area (Å²) in [6, 6.07) is 5.81. The average molecular weight is 296 g/mol. The van der Waals surface area contributed by atoms with Crippen LogP contribution in [0.5, 0.6) is 0 Å². The third-order valence-corrected chi connectivity index (χ3v) is 4.09. The Bertz CT molecular complexity index is 413. The zero-order valence-electron chi connectivity index (χ0n) is 10.1. The number of carbonyl (C=O) groups is 1. The Kier molecular flexibility index (Phi) is 4.21. The van der Waals surface area contributed by atoms with Gasteiger partial charge in [0.1, 0.15) is 0 Å². The summed E-state index contributed by atoms with van der Waals surface area (Å²) in [4.78, 5) is 11.9. The summed E-state index contributed by atoms with van der Waals surface area (Å²) in [6.45, 7) is 2.81. The van der Waals surface area contributed by atoms with Gasteiger partial charge in [0.2, 0.25) is 0 Å². The minimum Gasteiger partial charge on any atom is -0.352 e. The van der Waals surface area contributed by atoms with Gasteiger partial charge in [0.05, 0.1) is 5.56 Å². The highest BCUT2D eigenvalue weighted by Gasteiger charge is 2.17. The van der Waals surface area contributed by atoms with E-state index in [1.165, 1.54) is 19.3 Å². The molecule has 0 atom stereocenters. The smallest absolute Gasteiger partial charge is 0.252 e. The largest absolute Gasteiger partial charge is 0.352 e. The fraction of sp³-hybridized carbons (Fsp3) is 0.500. The number of nitrogens with one attached hydrogen (secondary N) is 1. The molecule has 2 nitrogen and oxygen atoms in total. The van der Waals surface area contributed by atoms with Crippen LogP contribution in [-0.4, -0.2) is 12.5 Å². The summed E-state index contributed by atoms with van der Waals surface area (Å²) in [6.07, 6.45) is 5.16. The zero-order valence-corrected chi connectivity index (χ0v) is 11.7. The van der Waals surface area contributed by atoms with Crippen molar-refractivity contribution >= 4 is 21.8 Å². The summed E-state index contributed by atoms with van der Waals surface area (Å²) in [5, 5.41) is 2.99. The Morgan fingerprint density at radius 1 is 1.47 bits per heavy atom. The van der Waals surface area contributed by atoms with E-state index in [0.717, 1.165) is 34.5 Å². The second-order valence-corrected chi connectivity index (χ2v) is 5.68. The SMILES string of the molecule is Cc1ccc(C(=O)NCCC2CCC2)c(Br)c1. The second kappa shape index (κ2) is 5.67. The molecule has 0 spiro atoms. The van der Waals surface area contributed by atoms with Crippen LogP contribution in [0, 0.1) is 12.8 Å². The second-order valence-electron chi connectivity index (χ2n) is 4.82. The lowest BCUT2D eigenvalue weighted by molar-refractivity contribution is 0.0948. The van der Waals surface area contributed by atoms with Crippen molar-refractivity contribution in [1.82, 2.24) is 5.32 Å². The van der Waals surface area contributed by atoms with Crippen LogP contribution in [0.3, 0.4) is 0 Å². The standard InChI is InChI=1S/C14H18BrNO/c1-10-5-6-12(13(15)9-10)14(17)16-8-7-11-3-2-4-11/h5-6,9,11H,2-4,7-8H2,1H3,(H,16,17). The molecule has 1 aromatic rings. The Morgan fingerprint density at radius 2 is 2.24 bits per heavy atom. The van der Waals surface area contributed by atoms with Crippen LogP contribution in [0.1, 0.15) is 41.6 Å². The molecule has 1 amide bonds. The number of hydrogen-bond acceptors (Lipinski definition) is 1. The van der Waals surface area contributed by atoms with Crippen LogP contribution in [-0.2, 0) is 0 Å². The summed E-state index contributed by atoms with van der Waals surface area (Å²) in [5.41, 5.74) is 1.88. The first-order valence-corrected chi connectivity index (χ1v) is 7.00. The van der Waals surface area contributed by atoms with Crippen molar-refractivity contribution in [3.05, 3.63) is 33.8 Å². The molecule has 1 saturated carbocycles. The van der Waals surface area contributed by atoms with Gasteiger partial charge in [-0.25, -0.2) is 0 Å². The van der Waals surface area contributed by atoms with Gasteiger partial charge < -0.3 is 5.32 Å². The molecule has 1 aromatic carbocycles. The number of carbonyl (C=O) groups excluding carboxylic acids is 1. The molecule has 0 bridgehead atoms. The molecular formula is C14H18BrNO. The molecule has 1 aliphatic rings. The van der Waals surface area contributed by atoms with Gasteiger partial charge >= 0.3 is 0 Å². The Balaban J connectivity index is 1.85. The monoisotopic (exact) mass is 295 g/mol. The van der Waals surface area contributed by atoms with Crippen molar-refractivity contribution < 1.29 is 4.79 Å². The summed E-state index contributed by atoms with van der Waals surface area (Å²) >= 11 is 3.43. The summed E-state index contributed by atoms with van der Waals surface area (Å²) in [7, 11) is 0. The quantitative estimate of drug-likeness (QED) is 0.902. The highest BCUT2D eigenvalue weighted by Crippen LogP contribution is 2.28. The van der Waals surface area contributed by atoms with Crippen LogP contribution in [0.2, 0.25) is 0 Å². The summed E-state index contributed by atoms with van der Waals surface area (Å²) in [5.74, 6) is 0.868. The highest BCUT2D eigenvalue weighted by molar-refractivity contribution is 9.10. The first-order valence-electron chi connectivity index (χ1n) is 6.21. The molecule has 1 aliphatic carbocycles. The van der Waals surface area contributed by atoms with Crippen LogP contribution < -0.4 is 5.32 Å². The lowest BCUT2D eigenvalue weighted by atomic mass is 9.83. The number of hydrogen-bond donors (Lipinski definition) is 1. The maximum absolute atomic E-state index is 11.9. The van der Waals surface area contributed by atoms with Crippen molar-refractivity contribution in [3.63, 3.8) is 0 Å². The van der Waals surface area contributed by atoms with E-state index in [1.54, 1.807) is 0 Å². The van der Waals surface area contributed by atoms with Gasteiger partial charge in [-0.1, -0.05) is 25.3 Å². The average Bonchev–Trinajstić information content (AvgIpc) is 2.21. The first kappa shape index (κ1) is 12.6. The highest BCUT2D eigenvalue weighted by atomic mass is 79.9. The van der Waals surface area contributed by atoms with E-state index in [4.69, 9.17) is 0 Å². The Hall–Kier alpha value is -0.830. The van der Waals surface area contributed by atoms with Crippen molar-refractivity contribution in [1.29, 1.82) is 0 Å². The predicted molar refractivity (Wildman–Crippen MR) is 73.2 cm³/mol. The van der Waals surface area contributed by atoms with Crippen molar-refractivity contribution in [2.24, 2.45) is 5.92 Å². The molecule has 17 heavy (non-hydrogen) atoms. The van der Waals surface area contributed by atoms with Crippen molar-refractivity contribution in [2.45, 2.75) is 32.6 Å². The predicted octanol–water partition coefficient (Wildman–Crippen LogP) is 3.68. The van der Waals surface area contributed by atoms with Gasteiger partial charge in [-0.2, -0.15) is 0 Å². The molecule has 1 N–H and O–H groups in total. The Labute approximate surface area is 111 Å². The minimum absolute atomic E-state index is 0.0243. The van der Waals surface area contributed by atoms with Gasteiger partial charge in [0.15, 0.2) is 0 Å². The topological polar surface area (TPSA) is 29.1 Å². The maximum Gasteiger partial charge on any atom is 0.252 e. The third kappa shape index (κ3) is 3.32. The normalized spacial score (nSPS) is 15.4. The fourth-order valence-corrected chi connectivity index (χ4v) is 2.74. The van der Waals surface area contributed by atoms with E-state index in [-0.39, 0.29) is 5.91 Å². The molecule has 0 saturated heterocycles. The summed E-state index contributed by atoms with van der Waals surface area (Å²) < 4.78 is 0.874. The van der Waals surface area contributed by atoms with Gasteiger partial charge in [-0.3, -0.25) is 4.79 Å². The van der Waals surface area contributed by atoms with E-state index < -0.39 is 0 Å². The molecular weight excluding hydrogens is 278 g/mol. The molecule has 92 valence electrons. The van der Waals surface area contributed by atoms with Crippen LogP contribution in [0.15, 0.2) is 22.7 Å². The van der Waals surface area contributed by atoms with Crippen molar-refractivity contribution in [3.8, 4) is 0 Å².